The van der Waals surface area contributed by atoms with Gasteiger partial charge < -0.3 is 14.9 Å². The van der Waals surface area contributed by atoms with Crippen molar-refractivity contribution in [3.05, 3.63) is 11.7 Å². The number of hydrogen-bond donors (Lipinski definition) is 2. The highest BCUT2D eigenvalue weighted by Gasteiger charge is 2.39. The number of nitrogens with zero attached hydrogens (tertiary/aromatic N) is 2. The van der Waals surface area contributed by atoms with Crippen LogP contribution in [-0.4, -0.2) is 26.8 Å². The van der Waals surface area contributed by atoms with Crippen LogP contribution in [0.2, 0.25) is 0 Å². The maximum absolute atomic E-state index is 12.1. The Bertz CT molecular complexity index is 484. The van der Waals surface area contributed by atoms with E-state index in [1.165, 1.54) is 0 Å². The van der Waals surface area contributed by atoms with E-state index < -0.39 is 11.6 Å². The first-order valence-corrected chi connectivity index (χ1v) is 7.10. The molecule has 2 N–H and O–H groups in total. The SMILES string of the molecule is CC(NC(=O)C1(O)CCCC1)c1nc(C(C)(C)C)no1. The van der Waals surface area contributed by atoms with Crippen LogP contribution < -0.4 is 5.32 Å². The van der Waals surface area contributed by atoms with E-state index in [2.05, 4.69) is 15.5 Å². The molecule has 112 valence electrons. The van der Waals surface area contributed by atoms with Gasteiger partial charge in [-0.2, -0.15) is 4.98 Å². The van der Waals surface area contributed by atoms with E-state index >= 15 is 0 Å². The summed E-state index contributed by atoms with van der Waals surface area (Å²) in [6.45, 7) is 7.75. The molecule has 0 radical (unpaired) electrons. The van der Waals surface area contributed by atoms with Gasteiger partial charge in [0.05, 0.1) is 0 Å². The summed E-state index contributed by atoms with van der Waals surface area (Å²) in [6.07, 6.45) is 2.80. The lowest BCUT2D eigenvalue weighted by molar-refractivity contribution is -0.140. The van der Waals surface area contributed by atoms with Crippen LogP contribution in [0.25, 0.3) is 0 Å². The van der Waals surface area contributed by atoms with Crippen LogP contribution in [0, 0.1) is 0 Å². The van der Waals surface area contributed by atoms with Crippen molar-refractivity contribution in [1.82, 2.24) is 15.5 Å². The third kappa shape index (κ3) is 3.00. The van der Waals surface area contributed by atoms with E-state index in [1.807, 2.05) is 20.8 Å². The maximum atomic E-state index is 12.1. The van der Waals surface area contributed by atoms with Crippen molar-refractivity contribution in [3.63, 3.8) is 0 Å². The average Bonchev–Trinajstić information content (AvgIpc) is 2.96. The van der Waals surface area contributed by atoms with Crippen molar-refractivity contribution in [3.8, 4) is 0 Å². The van der Waals surface area contributed by atoms with Crippen LogP contribution in [0.15, 0.2) is 4.52 Å². The topological polar surface area (TPSA) is 88.2 Å². The minimum absolute atomic E-state index is 0.199. The van der Waals surface area contributed by atoms with Crippen LogP contribution in [0.5, 0.6) is 0 Å². The first-order valence-electron chi connectivity index (χ1n) is 7.10. The number of amides is 1. The van der Waals surface area contributed by atoms with Gasteiger partial charge >= 0.3 is 0 Å². The van der Waals surface area contributed by atoms with Crippen molar-refractivity contribution in [1.29, 1.82) is 0 Å². The number of hydrogen-bond acceptors (Lipinski definition) is 5. The molecule has 0 aromatic carbocycles. The highest BCUT2D eigenvalue weighted by Crippen LogP contribution is 2.30. The molecule has 1 atom stereocenters. The Labute approximate surface area is 118 Å². The number of nitrogens with one attached hydrogen (secondary N) is 1. The molecular weight excluding hydrogens is 258 g/mol. The van der Waals surface area contributed by atoms with Crippen molar-refractivity contribution >= 4 is 5.91 Å². The van der Waals surface area contributed by atoms with E-state index in [0.717, 1.165) is 12.8 Å². The van der Waals surface area contributed by atoms with Gasteiger partial charge in [0.25, 0.3) is 5.91 Å². The van der Waals surface area contributed by atoms with Crippen LogP contribution in [0.4, 0.5) is 0 Å². The zero-order chi connectivity index (χ0) is 15.0. The van der Waals surface area contributed by atoms with Gasteiger partial charge in [-0.1, -0.05) is 25.9 Å². The van der Waals surface area contributed by atoms with Crippen molar-refractivity contribution in [2.45, 2.75) is 70.4 Å². The molecule has 1 saturated carbocycles. The first kappa shape index (κ1) is 15.0. The fourth-order valence-electron chi connectivity index (χ4n) is 2.30. The minimum atomic E-state index is -1.23. The summed E-state index contributed by atoms with van der Waals surface area (Å²) in [5.74, 6) is 0.621. The predicted octanol–water partition coefficient (Wildman–Crippen LogP) is 1.85. The van der Waals surface area contributed by atoms with Crippen molar-refractivity contribution in [2.24, 2.45) is 0 Å². The number of carbonyl (C=O) groups is 1. The third-order valence-corrected chi connectivity index (χ3v) is 3.68. The van der Waals surface area contributed by atoms with E-state index in [9.17, 15) is 9.90 Å². The second-order valence-electron chi connectivity index (χ2n) is 6.64. The van der Waals surface area contributed by atoms with E-state index in [0.29, 0.717) is 24.6 Å². The van der Waals surface area contributed by atoms with Gasteiger partial charge in [0.15, 0.2) is 5.82 Å². The maximum Gasteiger partial charge on any atom is 0.252 e. The molecule has 0 aliphatic heterocycles. The minimum Gasteiger partial charge on any atom is -0.380 e. The Hall–Kier alpha value is -1.43. The van der Waals surface area contributed by atoms with Gasteiger partial charge in [-0.15, -0.1) is 0 Å². The molecule has 1 aromatic heterocycles. The monoisotopic (exact) mass is 281 g/mol. The van der Waals surface area contributed by atoms with Gasteiger partial charge in [-0.05, 0) is 32.6 Å². The molecule has 6 heteroatoms. The van der Waals surface area contributed by atoms with Gasteiger partial charge in [-0.3, -0.25) is 4.79 Å². The summed E-state index contributed by atoms with van der Waals surface area (Å²) >= 11 is 0. The smallest absolute Gasteiger partial charge is 0.252 e. The highest BCUT2D eigenvalue weighted by atomic mass is 16.5. The number of rotatable bonds is 3. The molecule has 1 unspecified atom stereocenters. The fraction of sp³-hybridized carbons (Fsp3) is 0.786. The van der Waals surface area contributed by atoms with E-state index in [-0.39, 0.29) is 11.3 Å². The van der Waals surface area contributed by atoms with Gasteiger partial charge in [0.1, 0.15) is 11.6 Å². The Morgan fingerprint density at radius 2 is 2.00 bits per heavy atom. The lowest BCUT2D eigenvalue weighted by Crippen LogP contribution is -2.45. The van der Waals surface area contributed by atoms with Gasteiger partial charge in [-0.25, -0.2) is 0 Å². The summed E-state index contributed by atoms with van der Waals surface area (Å²) in [5.41, 5.74) is -1.43. The predicted molar refractivity (Wildman–Crippen MR) is 73.0 cm³/mol. The van der Waals surface area contributed by atoms with E-state index in [4.69, 9.17) is 4.52 Å². The van der Waals surface area contributed by atoms with Gasteiger partial charge in [0.2, 0.25) is 5.89 Å². The summed E-state index contributed by atoms with van der Waals surface area (Å²) in [7, 11) is 0. The molecule has 1 aromatic rings. The van der Waals surface area contributed by atoms with Crippen molar-refractivity contribution < 1.29 is 14.4 Å². The zero-order valence-electron chi connectivity index (χ0n) is 12.6. The lowest BCUT2D eigenvalue weighted by atomic mass is 9.96. The Kier molecular flexibility index (Phi) is 3.86. The number of carbonyl (C=O) groups excluding carboxylic acids is 1. The highest BCUT2D eigenvalue weighted by molar-refractivity contribution is 5.85. The summed E-state index contributed by atoms with van der Waals surface area (Å²) in [5, 5.41) is 16.9. The molecule has 0 saturated heterocycles. The first-order chi connectivity index (χ1) is 9.22. The van der Waals surface area contributed by atoms with Crippen molar-refractivity contribution in [2.75, 3.05) is 0 Å². The lowest BCUT2D eigenvalue weighted by Gasteiger charge is -2.22. The Morgan fingerprint density at radius 1 is 1.40 bits per heavy atom. The molecule has 1 aliphatic rings. The molecule has 0 spiro atoms. The molecule has 1 heterocycles. The molecule has 1 fully saturated rings. The van der Waals surface area contributed by atoms with Crippen LogP contribution >= 0.6 is 0 Å². The van der Waals surface area contributed by atoms with Crippen LogP contribution in [0.3, 0.4) is 0 Å². The molecule has 1 aliphatic carbocycles. The molecule has 2 rings (SSSR count). The summed E-state index contributed by atoms with van der Waals surface area (Å²) in [4.78, 5) is 16.4. The molecule has 6 nitrogen and oxygen atoms in total. The third-order valence-electron chi connectivity index (χ3n) is 3.68. The normalized spacial score (nSPS) is 19.9. The largest absolute Gasteiger partial charge is 0.380 e. The Balaban J connectivity index is 2.03. The van der Waals surface area contributed by atoms with E-state index in [1.54, 1.807) is 6.92 Å². The second-order valence-corrected chi connectivity index (χ2v) is 6.64. The zero-order valence-corrected chi connectivity index (χ0v) is 12.6. The molecule has 0 bridgehead atoms. The average molecular weight is 281 g/mol. The van der Waals surface area contributed by atoms with Crippen LogP contribution in [-0.2, 0) is 10.2 Å². The quantitative estimate of drug-likeness (QED) is 0.882. The number of aliphatic hydroxyl groups is 1. The Morgan fingerprint density at radius 3 is 2.50 bits per heavy atom. The summed E-state index contributed by atoms with van der Waals surface area (Å²) in [6, 6.07) is -0.407. The van der Waals surface area contributed by atoms with Crippen LogP contribution in [0.1, 0.15) is 71.1 Å². The summed E-state index contributed by atoms with van der Waals surface area (Å²) < 4.78 is 5.19. The fourth-order valence-corrected chi connectivity index (χ4v) is 2.30. The number of aromatic nitrogens is 2. The molecule has 20 heavy (non-hydrogen) atoms. The molecule has 1 amide bonds. The standard InChI is InChI=1S/C14H23N3O3/c1-9(10-16-11(17-20-10)13(2,3)4)15-12(18)14(19)7-5-6-8-14/h9,19H,5-8H2,1-4H3,(H,15,18). The molecular formula is C14H23N3O3. The van der Waals surface area contributed by atoms with Gasteiger partial charge in [0, 0.05) is 5.41 Å². The second kappa shape index (κ2) is 5.16.